The molecule has 0 fully saturated rings. The third kappa shape index (κ3) is 6.47. The highest BCUT2D eigenvalue weighted by atomic mass is 19.3. The number of carbonyl (C=O) groups excluding carboxylic acids is 1. The highest BCUT2D eigenvalue weighted by Gasteiger charge is 2.10. The lowest BCUT2D eigenvalue weighted by atomic mass is 10.2. The van der Waals surface area contributed by atoms with E-state index >= 15 is 0 Å². The second-order valence-electron chi connectivity index (χ2n) is 4.73. The number of benzene rings is 1. The van der Waals surface area contributed by atoms with E-state index in [1.807, 2.05) is 0 Å². The Hall–Kier alpha value is -1.69. The fourth-order valence-corrected chi connectivity index (χ4v) is 1.66. The van der Waals surface area contributed by atoms with E-state index in [1.54, 1.807) is 37.9 Å². The van der Waals surface area contributed by atoms with Gasteiger partial charge in [-0.2, -0.15) is 8.78 Å². The molecular formula is C14H19F2NO3. The van der Waals surface area contributed by atoms with Gasteiger partial charge in [-0.25, -0.2) is 0 Å². The highest BCUT2D eigenvalue weighted by Crippen LogP contribution is 2.15. The molecule has 0 N–H and O–H groups in total. The van der Waals surface area contributed by atoms with E-state index < -0.39 is 6.61 Å². The molecule has 112 valence electrons. The summed E-state index contributed by atoms with van der Waals surface area (Å²) in [5, 5.41) is 0. The van der Waals surface area contributed by atoms with E-state index in [9.17, 15) is 13.6 Å². The molecule has 0 aromatic heterocycles. The largest absolute Gasteiger partial charge is 0.462 e. The van der Waals surface area contributed by atoms with E-state index in [-0.39, 0.29) is 24.4 Å². The number of rotatable bonds is 7. The minimum Gasteiger partial charge on any atom is -0.462 e. The van der Waals surface area contributed by atoms with Crippen LogP contribution in [0.4, 0.5) is 8.78 Å². The van der Waals surface area contributed by atoms with Crippen LogP contribution in [0.25, 0.3) is 0 Å². The summed E-state index contributed by atoms with van der Waals surface area (Å²) in [6, 6.07) is 6.31. The van der Waals surface area contributed by atoms with Crippen LogP contribution in [0.2, 0.25) is 0 Å². The molecule has 6 heteroatoms. The van der Waals surface area contributed by atoms with Crippen molar-refractivity contribution in [2.75, 3.05) is 13.6 Å². The van der Waals surface area contributed by atoms with Crippen LogP contribution < -0.4 is 4.74 Å². The molecule has 0 spiro atoms. The molecule has 1 aromatic rings. The highest BCUT2D eigenvalue weighted by molar-refractivity contribution is 5.71. The fraction of sp³-hybridized carbons (Fsp3) is 0.500. The molecule has 0 aliphatic rings. The van der Waals surface area contributed by atoms with Gasteiger partial charge in [0.1, 0.15) is 5.75 Å². The van der Waals surface area contributed by atoms with Crippen molar-refractivity contribution >= 4 is 5.97 Å². The molecule has 0 atom stereocenters. The first-order chi connectivity index (χ1) is 9.36. The summed E-state index contributed by atoms with van der Waals surface area (Å²) < 4.78 is 33.3. The van der Waals surface area contributed by atoms with E-state index in [0.717, 1.165) is 5.56 Å². The molecule has 0 aliphatic carbocycles. The number of ether oxygens (including phenoxy) is 2. The minimum absolute atomic E-state index is 0.116. The molecule has 0 saturated heterocycles. The van der Waals surface area contributed by atoms with Crippen molar-refractivity contribution in [1.82, 2.24) is 4.90 Å². The number of nitrogens with zero attached hydrogens (tertiary/aromatic N) is 1. The van der Waals surface area contributed by atoms with Crippen LogP contribution in [-0.2, 0) is 16.1 Å². The van der Waals surface area contributed by atoms with Crippen LogP contribution in [-0.4, -0.2) is 37.2 Å². The molecule has 0 aliphatic heterocycles. The van der Waals surface area contributed by atoms with E-state index in [0.29, 0.717) is 6.54 Å². The molecule has 0 saturated carbocycles. The monoisotopic (exact) mass is 287 g/mol. The summed E-state index contributed by atoms with van der Waals surface area (Å²) in [6.07, 6.45) is -0.137. The van der Waals surface area contributed by atoms with Crippen LogP contribution in [0.1, 0.15) is 19.4 Å². The Morgan fingerprint density at radius 2 is 1.85 bits per heavy atom. The standard InChI is InChI=1S/C14H19F2NO3/c1-10(2)19-13(18)9-17(3)8-11-4-6-12(7-5-11)20-14(15)16/h4-7,10,14H,8-9H2,1-3H3. The molecule has 4 nitrogen and oxygen atoms in total. The zero-order chi connectivity index (χ0) is 15.1. The lowest BCUT2D eigenvalue weighted by molar-refractivity contribution is -0.148. The van der Waals surface area contributed by atoms with Gasteiger partial charge in [0, 0.05) is 6.54 Å². The maximum absolute atomic E-state index is 12.0. The van der Waals surface area contributed by atoms with Gasteiger partial charge < -0.3 is 9.47 Å². The number of esters is 1. The van der Waals surface area contributed by atoms with Crippen LogP contribution in [0, 0.1) is 0 Å². The van der Waals surface area contributed by atoms with Crippen LogP contribution in [0.15, 0.2) is 24.3 Å². The van der Waals surface area contributed by atoms with Crippen molar-refractivity contribution in [2.45, 2.75) is 33.1 Å². The summed E-state index contributed by atoms with van der Waals surface area (Å²) >= 11 is 0. The summed E-state index contributed by atoms with van der Waals surface area (Å²) in [6.45, 7) is 1.45. The number of carbonyl (C=O) groups is 1. The molecule has 0 heterocycles. The van der Waals surface area contributed by atoms with Crippen molar-refractivity contribution < 1.29 is 23.0 Å². The van der Waals surface area contributed by atoms with Crippen LogP contribution in [0.5, 0.6) is 5.75 Å². The Labute approximate surface area is 117 Å². The Morgan fingerprint density at radius 1 is 1.25 bits per heavy atom. The van der Waals surface area contributed by atoms with Crippen LogP contribution in [0.3, 0.4) is 0 Å². The maximum Gasteiger partial charge on any atom is 0.387 e. The number of hydrogen-bond acceptors (Lipinski definition) is 4. The van der Waals surface area contributed by atoms with Gasteiger partial charge in [-0.1, -0.05) is 12.1 Å². The summed E-state index contributed by atoms with van der Waals surface area (Å²) in [7, 11) is 1.78. The molecular weight excluding hydrogens is 268 g/mol. The molecule has 0 bridgehead atoms. The number of halogens is 2. The van der Waals surface area contributed by atoms with Gasteiger partial charge in [-0.15, -0.1) is 0 Å². The molecule has 0 unspecified atom stereocenters. The maximum atomic E-state index is 12.0. The van der Waals surface area contributed by atoms with Crippen molar-refractivity contribution in [1.29, 1.82) is 0 Å². The molecule has 1 aromatic carbocycles. The van der Waals surface area contributed by atoms with Gasteiger partial charge in [-0.3, -0.25) is 9.69 Å². The quantitative estimate of drug-likeness (QED) is 0.723. The number of likely N-dealkylation sites (N-methyl/N-ethyl adjacent to an activating group) is 1. The van der Waals surface area contributed by atoms with Crippen molar-refractivity contribution in [3.63, 3.8) is 0 Å². The molecule has 0 radical (unpaired) electrons. The number of hydrogen-bond donors (Lipinski definition) is 0. The second kappa shape index (κ2) is 7.79. The average molecular weight is 287 g/mol. The van der Waals surface area contributed by atoms with Gasteiger partial charge in [0.15, 0.2) is 0 Å². The zero-order valence-electron chi connectivity index (χ0n) is 11.8. The minimum atomic E-state index is -2.82. The Balaban J connectivity index is 2.45. The van der Waals surface area contributed by atoms with E-state index in [4.69, 9.17) is 4.74 Å². The topological polar surface area (TPSA) is 38.8 Å². The first-order valence-corrected chi connectivity index (χ1v) is 6.28. The third-order valence-electron chi connectivity index (χ3n) is 2.37. The Kier molecular flexibility index (Phi) is 6.38. The Bertz CT molecular complexity index is 421. The van der Waals surface area contributed by atoms with E-state index in [1.165, 1.54) is 12.1 Å². The number of alkyl halides is 2. The van der Waals surface area contributed by atoms with E-state index in [2.05, 4.69) is 4.74 Å². The van der Waals surface area contributed by atoms with Gasteiger partial charge in [0.2, 0.25) is 0 Å². The average Bonchev–Trinajstić information content (AvgIpc) is 2.29. The summed E-state index contributed by atoms with van der Waals surface area (Å²) in [5.74, 6) is -0.175. The van der Waals surface area contributed by atoms with Crippen molar-refractivity contribution in [2.24, 2.45) is 0 Å². The summed E-state index contributed by atoms with van der Waals surface area (Å²) in [4.78, 5) is 13.2. The zero-order valence-corrected chi connectivity index (χ0v) is 11.8. The predicted molar refractivity (Wildman–Crippen MR) is 70.6 cm³/mol. The lowest BCUT2D eigenvalue weighted by Gasteiger charge is -2.17. The fourth-order valence-electron chi connectivity index (χ4n) is 1.66. The van der Waals surface area contributed by atoms with Gasteiger partial charge in [0.05, 0.1) is 12.6 Å². The molecule has 1 rings (SSSR count). The smallest absolute Gasteiger partial charge is 0.387 e. The SMILES string of the molecule is CC(C)OC(=O)CN(C)Cc1ccc(OC(F)F)cc1. The first-order valence-electron chi connectivity index (χ1n) is 6.28. The Morgan fingerprint density at radius 3 is 2.35 bits per heavy atom. The third-order valence-corrected chi connectivity index (χ3v) is 2.37. The van der Waals surface area contributed by atoms with Gasteiger partial charge in [-0.05, 0) is 38.6 Å². The normalized spacial score (nSPS) is 11.2. The summed E-state index contributed by atoms with van der Waals surface area (Å²) in [5.41, 5.74) is 0.895. The predicted octanol–water partition coefficient (Wildman–Crippen LogP) is 2.67. The molecule has 20 heavy (non-hydrogen) atoms. The molecule has 0 amide bonds. The first kappa shape index (κ1) is 16.4. The van der Waals surface area contributed by atoms with Crippen LogP contribution >= 0.6 is 0 Å². The van der Waals surface area contributed by atoms with Crippen molar-refractivity contribution in [3.05, 3.63) is 29.8 Å². The van der Waals surface area contributed by atoms with Gasteiger partial charge in [0.25, 0.3) is 0 Å². The second-order valence-corrected chi connectivity index (χ2v) is 4.73. The lowest BCUT2D eigenvalue weighted by Crippen LogP contribution is -2.28. The van der Waals surface area contributed by atoms with Gasteiger partial charge >= 0.3 is 12.6 Å². The van der Waals surface area contributed by atoms with Crippen molar-refractivity contribution in [3.8, 4) is 5.75 Å².